The highest BCUT2D eigenvalue weighted by Crippen LogP contribution is 2.41. The van der Waals surface area contributed by atoms with Crippen LogP contribution in [0, 0.1) is 17.5 Å². The Bertz CT molecular complexity index is 1600. The van der Waals surface area contributed by atoms with Crippen LogP contribution < -0.4 is 10.6 Å². The molecular formula is C35H33ClF6N2S2. The predicted molar refractivity (Wildman–Crippen MR) is 174 cm³/mol. The van der Waals surface area contributed by atoms with Gasteiger partial charge in [-0.1, -0.05) is 47.3 Å². The fourth-order valence-electron chi connectivity index (χ4n) is 5.74. The van der Waals surface area contributed by atoms with E-state index in [0.717, 1.165) is 73.8 Å². The Hall–Kier alpha value is -2.63. The summed E-state index contributed by atoms with van der Waals surface area (Å²) in [7, 11) is 0. The Morgan fingerprint density at radius 3 is 1.57 bits per heavy atom. The molecule has 0 atom stereocenters. The largest absolute Gasteiger partial charge is 0.416 e. The molecule has 0 amide bonds. The van der Waals surface area contributed by atoms with Crippen molar-refractivity contribution >= 4 is 35.1 Å². The minimum absolute atomic E-state index is 0.143. The predicted octanol–water partition coefficient (Wildman–Crippen LogP) is 10.7. The van der Waals surface area contributed by atoms with Crippen LogP contribution in [0.2, 0.25) is 5.02 Å². The van der Waals surface area contributed by atoms with Crippen molar-refractivity contribution in [1.29, 1.82) is 0 Å². The summed E-state index contributed by atoms with van der Waals surface area (Å²) in [5.41, 5.74) is 0.719. The van der Waals surface area contributed by atoms with Gasteiger partial charge in [0.1, 0.15) is 17.5 Å². The smallest absolute Gasteiger partial charge is 0.317 e. The van der Waals surface area contributed by atoms with Crippen LogP contribution in [0.3, 0.4) is 0 Å². The van der Waals surface area contributed by atoms with E-state index in [2.05, 4.69) is 10.6 Å². The van der Waals surface area contributed by atoms with E-state index in [1.807, 2.05) is 12.1 Å². The summed E-state index contributed by atoms with van der Waals surface area (Å²) in [6.07, 6.45) is -0.819. The first kappa shape index (κ1) is 34.7. The summed E-state index contributed by atoms with van der Waals surface area (Å²) in [5.74, 6) is -0.493. The summed E-state index contributed by atoms with van der Waals surface area (Å²) < 4.78 is 80.7. The van der Waals surface area contributed by atoms with E-state index in [9.17, 15) is 26.3 Å². The van der Waals surface area contributed by atoms with Gasteiger partial charge in [-0.25, -0.2) is 13.2 Å². The first-order chi connectivity index (χ1) is 22.1. The average Bonchev–Trinajstić information content (AvgIpc) is 3.04. The Balaban J connectivity index is 0.000000182. The van der Waals surface area contributed by atoms with Gasteiger partial charge >= 0.3 is 6.18 Å². The second kappa shape index (κ2) is 16.0. The standard InChI is InChI=1S/C18H17F4NS.C17H16ClF2NS/c19-15-2-1-3-16(17(15)12-8-10-23-11-9-12)24-14-6-4-13(5-7-14)18(20,21)22;18-12-4-5-15(14(20)10-12)22-16-3-1-2-13(19)17(16)11-6-8-21-9-7-11/h1-7,12,23H,8-11H2;1-5,10-11,21H,6-9H2. The molecule has 244 valence electrons. The minimum atomic E-state index is -4.34. The van der Waals surface area contributed by atoms with Crippen LogP contribution in [-0.4, -0.2) is 26.2 Å². The maximum Gasteiger partial charge on any atom is 0.416 e. The van der Waals surface area contributed by atoms with Crippen molar-refractivity contribution in [3.63, 3.8) is 0 Å². The molecule has 4 aromatic carbocycles. The zero-order valence-corrected chi connectivity index (χ0v) is 27.2. The molecule has 0 spiro atoms. The molecule has 4 aromatic rings. The van der Waals surface area contributed by atoms with Gasteiger partial charge in [-0.05, 0) is 130 Å². The lowest BCUT2D eigenvalue weighted by Crippen LogP contribution is -2.27. The first-order valence-corrected chi connectivity index (χ1v) is 17.1. The lowest BCUT2D eigenvalue weighted by atomic mass is 9.90. The second-order valence-electron chi connectivity index (χ2n) is 11.2. The number of benzene rings is 4. The average molecular weight is 695 g/mol. The van der Waals surface area contributed by atoms with Gasteiger partial charge in [0.05, 0.1) is 5.56 Å². The maximum atomic E-state index is 14.4. The number of nitrogens with one attached hydrogen (secondary N) is 2. The zero-order chi connectivity index (χ0) is 32.7. The topological polar surface area (TPSA) is 24.1 Å². The zero-order valence-electron chi connectivity index (χ0n) is 24.8. The first-order valence-electron chi connectivity index (χ1n) is 15.1. The Morgan fingerprint density at radius 2 is 1.09 bits per heavy atom. The van der Waals surface area contributed by atoms with E-state index >= 15 is 0 Å². The quantitative estimate of drug-likeness (QED) is 0.196. The summed E-state index contributed by atoms with van der Waals surface area (Å²) in [5, 5.41) is 6.90. The minimum Gasteiger partial charge on any atom is -0.317 e. The van der Waals surface area contributed by atoms with Gasteiger partial charge in [0, 0.05) is 35.7 Å². The molecule has 2 saturated heterocycles. The van der Waals surface area contributed by atoms with E-state index in [-0.39, 0.29) is 29.3 Å². The fourth-order valence-corrected chi connectivity index (χ4v) is 8.00. The number of halogens is 7. The van der Waals surface area contributed by atoms with E-state index in [4.69, 9.17) is 11.6 Å². The Kier molecular flexibility index (Phi) is 12.1. The third kappa shape index (κ3) is 9.04. The molecule has 0 unspecified atom stereocenters. The van der Waals surface area contributed by atoms with Crippen molar-refractivity contribution in [2.75, 3.05) is 26.2 Å². The molecule has 2 fully saturated rings. The molecule has 0 radical (unpaired) electrons. The van der Waals surface area contributed by atoms with Crippen molar-refractivity contribution in [2.45, 2.75) is 63.3 Å². The van der Waals surface area contributed by atoms with Crippen molar-refractivity contribution in [3.05, 3.63) is 118 Å². The monoisotopic (exact) mass is 694 g/mol. The molecule has 2 aliphatic rings. The van der Waals surface area contributed by atoms with Crippen LogP contribution in [-0.2, 0) is 6.18 Å². The molecule has 0 bridgehead atoms. The number of hydrogen-bond acceptors (Lipinski definition) is 4. The van der Waals surface area contributed by atoms with Crippen molar-refractivity contribution in [3.8, 4) is 0 Å². The third-order valence-corrected chi connectivity index (χ3v) is 10.5. The Labute approximate surface area is 278 Å². The van der Waals surface area contributed by atoms with Crippen molar-refractivity contribution in [1.82, 2.24) is 10.6 Å². The maximum absolute atomic E-state index is 14.4. The molecule has 2 heterocycles. The normalized spacial score (nSPS) is 16.2. The fraction of sp³-hybridized carbons (Fsp3) is 0.314. The molecule has 6 rings (SSSR count). The molecule has 46 heavy (non-hydrogen) atoms. The van der Waals surface area contributed by atoms with Crippen LogP contribution in [0.4, 0.5) is 26.3 Å². The van der Waals surface area contributed by atoms with Gasteiger partial charge in [-0.3, -0.25) is 0 Å². The van der Waals surface area contributed by atoms with E-state index in [1.165, 1.54) is 53.9 Å². The third-order valence-electron chi connectivity index (χ3n) is 8.04. The lowest BCUT2D eigenvalue weighted by molar-refractivity contribution is -0.137. The van der Waals surface area contributed by atoms with Crippen LogP contribution in [0.15, 0.2) is 98.4 Å². The van der Waals surface area contributed by atoms with Crippen LogP contribution in [0.25, 0.3) is 0 Å². The summed E-state index contributed by atoms with van der Waals surface area (Å²) in [6, 6.07) is 19.5. The molecule has 0 saturated carbocycles. The molecular weight excluding hydrogens is 662 g/mol. The molecule has 11 heteroatoms. The molecule has 0 aliphatic carbocycles. The van der Waals surface area contributed by atoms with Gasteiger partial charge in [0.25, 0.3) is 0 Å². The van der Waals surface area contributed by atoms with Crippen LogP contribution in [0.5, 0.6) is 0 Å². The second-order valence-corrected chi connectivity index (χ2v) is 13.8. The Morgan fingerprint density at radius 1 is 0.587 bits per heavy atom. The highest BCUT2D eigenvalue weighted by atomic mass is 35.5. The SMILES string of the molecule is Fc1cc(Cl)ccc1Sc1cccc(F)c1C1CCNCC1.Fc1cccc(Sc2ccc(C(F)(F)F)cc2)c1C1CCNCC1. The summed E-state index contributed by atoms with van der Waals surface area (Å²) in [4.78, 5) is 2.70. The number of hydrogen-bond donors (Lipinski definition) is 2. The van der Waals surface area contributed by atoms with Gasteiger partial charge in [0.15, 0.2) is 0 Å². The molecule has 2 aliphatic heterocycles. The summed E-state index contributed by atoms with van der Waals surface area (Å²) >= 11 is 8.36. The van der Waals surface area contributed by atoms with E-state index in [0.29, 0.717) is 25.9 Å². The van der Waals surface area contributed by atoms with Crippen molar-refractivity contribution in [2.24, 2.45) is 0 Å². The highest BCUT2D eigenvalue weighted by Gasteiger charge is 2.30. The lowest BCUT2D eigenvalue weighted by Gasteiger charge is -2.25. The number of rotatable bonds is 6. The number of alkyl halides is 3. The molecule has 2 N–H and O–H groups in total. The van der Waals surface area contributed by atoms with Gasteiger partial charge in [-0.15, -0.1) is 0 Å². The van der Waals surface area contributed by atoms with Gasteiger partial charge in [-0.2, -0.15) is 13.2 Å². The van der Waals surface area contributed by atoms with Crippen molar-refractivity contribution < 1.29 is 26.3 Å². The highest BCUT2D eigenvalue weighted by molar-refractivity contribution is 7.99. The van der Waals surface area contributed by atoms with Crippen LogP contribution in [0.1, 0.15) is 54.2 Å². The van der Waals surface area contributed by atoms with Crippen LogP contribution >= 0.6 is 35.1 Å². The summed E-state index contributed by atoms with van der Waals surface area (Å²) in [6.45, 7) is 3.48. The van der Waals surface area contributed by atoms with Gasteiger partial charge < -0.3 is 10.6 Å². The van der Waals surface area contributed by atoms with E-state index in [1.54, 1.807) is 24.3 Å². The van der Waals surface area contributed by atoms with Gasteiger partial charge in [0.2, 0.25) is 0 Å². The van der Waals surface area contributed by atoms with E-state index < -0.39 is 11.7 Å². The molecule has 2 nitrogen and oxygen atoms in total. The molecule has 0 aromatic heterocycles. The number of piperidine rings is 2.